The number of Topliss-reactive ketones (excluding diaryl/α,β-unsaturated/α-hetero) is 1. The lowest BCUT2D eigenvalue weighted by atomic mass is 9.88. The van der Waals surface area contributed by atoms with E-state index in [1.165, 1.54) is 23.1 Å². The number of ketones is 1. The highest BCUT2D eigenvalue weighted by Crippen LogP contribution is 2.42. The van der Waals surface area contributed by atoms with Crippen molar-refractivity contribution in [3.63, 3.8) is 0 Å². The molecule has 0 fully saturated rings. The van der Waals surface area contributed by atoms with Gasteiger partial charge in [-0.1, -0.05) is 59.6 Å². The summed E-state index contributed by atoms with van der Waals surface area (Å²) in [5.41, 5.74) is -0.729. The topological polar surface area (TPSA) is 66.8 Å². The number of hydrogen-bond acceptors (Lipinski definition) is 4. The predicted molar refractivity (Wildman–Crippen MR) is 120 cm³/mol. The first-order valence-corrected chi connectivity index (χ1v) is 10.5. The molecule has 4 rings (SSSR count). The van der Waals surface area contributed by atoms with Crippen LogP contribution in [0.3, 0.4) is 0 Å². The van der Waals surface area contributed by atoms with E-state index in [1.54, 1.807) is 24.3 Å². The van der Waals surface area contributed by atoms with E-state index in [0.29, 0.717) is 22.0 Å². The number of carbonyl (C=O) groups excluding carboxylic acids is 2. The number of carbonyl (C=O) groups is 2. The van der Waals surface area contributed by atoms with Crippen molar-refractivity contribution < 1.29 is 19.4 Å². The zero-order valence-electron chi connectivity index (χ0n) is 16.4. The average molecular weight is 456 g/mol. The van der Waals surface area contributed by atoms with Crippen molar-refractivity contribution in [2.24, 2.45) is 0 Å². The fourth-order valence-electron chi connectivity index (χ4n) is 3.67. The maximum atomic E-state index is 13.2. The number of benzene rings is 3. The van der Waals surface area contributed by atoms with Gasteiger partial charge in [-0.05, 0) is 36.4 Å². The Morgan fingerprint density at radius 1 is 0.968 bits per heavy atom. The van der Waals surface area contributed by atoms with Gasteiger partial charge < -0.3 is 14.7 Å². The van der Waals surface area contributed by atoms with Crippen molar-refractivity contribution in [2.75, 3.05) is 18.1 Å². The smallest absolute Gasteiger partial charge is 0.264 e. The third kappa shape index (κ3) is 4.17. The summed E-state index contributed by atoms with van der Waals surface area (Å²) in [5.74, 6) is -0.280. The molecule has 0 bridgehead atoms. The van der Waals surface area contributed by atoms with Crippen LogP contribution >= 0.6 is 23.2 Å². The molecule has 158 valence electrons. The Labute approximate surface area is 189 Å². The van der Waals surface area contributed by atoms with Crippen LogP contribution < -0.4 is 9.64 Å². The third-order valence-electron chi connectivity index (χ3n) is 5.22. The summed E-state index contributed by atoms with van der Waals surface area (Å²) in [5, 5.41) is 11.9. The van der Waals surface area contributed by atoms with Gasteiger partial charge in [-0.3, -0.25) is 9.59 Å². The van der Waals surface area contributed by atoms with Crippen molar-refractivity contribution in [1.82, 2.24) is 0 Å². The molecule has 1 N–H and O–H groups in total. The molecular weight excluding hydrogens is 437 g/mol. The molecule has 0 spiro atoms. The fourth-order valence-corrected chi connectivity index (χ4v) is 3.97. The number of anilines is 1. The van der Waals surface area contributed by atoms with Crippen molar-refractivity contribution in [3.8, 4) is 5.75 Å². The molecule has 0 aromatic heterocycles. The lowest BCUT2D eigenvalue weighted by Gasteiger charge is -2.23. The van der Waals surface area contributed by atoms with E-state index < -0.39 is 23.7 Å². The molecule has 5 nitrogen and oxygen atoms in total. The summed E-state index contributed by atoms with van der Waals surface area (Å²) < 4.78 is 5.70. The van der Waals surface area contributed by atoms with Crippen LogP contribution in [0.15, 0.2) is 72.8 Å². The number of ether oxygens (including phenoxy) is 1. The van der Waals surface area contributed by atoms with Crippen molar-refractivity contribution in [2.45, 2.75) is 12.0 Å². The summed E-state index contributed by atoms with van der Waals surface area (Å²) in [7, 11) is 0. The Balaban J connectivity index is 1.55. The van der Waals surface area contributed by atoms with Crippen LogP contribution in [0, 0.1) is 0 Å². The van der Waals surface area contributed by atoms with Crippen molar-refractivity contribution in [3.05, 3.63) is 94.0 Å². The van der Waals surface area contributed by atoms with Gasteiger partial charge in [0.05, 0.1) is 28.7 Å². The molecular formula is C24H19Cl2NO4. The van der Waals surface area contributed by atoms with E-state index in [4.69, 9.17) is 27.9 Å². The number of hydrogen-bond donors (Lipinski definition) is 1. The van der Waals surface area contributed by atoms with E-state index >= 15 is 0 Å². The average Bonchev–Trinajstić information content (AvgIpc) is 2.98. The molecule has 0 saturated heterocycles. The van der Waals surface area contributed by atoms with Crippen LogP contribution in [-0.2, 0) is 10.4 Å². The van der Waals surface area contributed by atoms with Gasteiger partial charge in [0.1, 0.15) is 12.4 Å². The van der Waals surface area contributed by atoms with E-state index in [2.05, 4.69) is 0 Å². The second kappa shape index (κ2) is 8.71. The minimum Gasteiger partial charge on any atom is -0.492 e. The number of aliphatic hydroxyl groups is 1. The molecule has 0 saturated carbocycles. The number of amides is 1. The molecule has 1 heterocycles. The third-order valence-corrected chi connectivity index (χ3v) is 5.96. The van der Waals surface area contributed by atoms with E-state index in [1.807, 2.05) is 30.3 Å². The summed E-state index contributed by atoms with van der Waals surface area (Å²) in [4.78, 5) is 27.6. The van der Waals surface area contributed by atoms with Gasteiger partial charge in [-0.15, -0.1) is 0 Å². The first-order valence-electron chi connectivity index (χ1n) is 9.70. The van der Waals surface area contributed by atoms with E-state index in [-0.39, 0.29) is 23.7 Å². The molecule has 0 aliphatic carbocycles. The second-order valence-corrected chi connectivity index (χ2v) is 8.04. The first-order chi connectivity index (χ1) is 14.9. The van der Waals surface area contributed by atoms with E-state index in [9.17, 15) is 14.7 Å². The molecule has 31 heavy (non-hydrogen) atoms. The summed E-state index contributed by atoms with van der Waals surface area (Å²) in [6, 6.07) is 20.6. The van der Waals surface area contributed by atoms with Crippen LogP contribution in [0.25, 0.3) is 0 Å². The number of fused-ring (bicyclic) bond motifs is 1. The lowest BCUT2D eigenvalue weighted by Crippen LogP contribution is -2.43. The second-order valence-electron chi connectivity index (χ2n) is 7.22. The molecule has 1 aliphatic heterocycles. The van der Waals surface area contributed by atoms with E-state index in [0.717, 1.165) is 0 Å². The molecule has 3 aromatic rings. The van der Waals surface area contributed by atoms with Gasteiger partial charge in [-0.25, -0.2) is 0 Å². The Hall–Kier alpha value is -2.86. The molecule has 1 amide bonds. The van der Waals surface area contributed by atoms with Gasteiger partial charge in [0.15, 0.2) is 11.4 Å². The fraction of sp³-hybridized carbons (Fsp3) is 0.167. The zero-order chi connectivity index (χ0) is 22.0. The van der Waals surface area contributed by atoms with Gasteiger partial charge in [0.2, 0.25) is 0 Å². The molecule has 3 aromatic carbocycles. The summed E-state index contributed by atoms with van der Waals surface area (Å²) in [6.07, 6.45) is -0.406. The van der Waals surface area contributed by atoms with Gasteiger partial charge >= 0.3 is 0 Å². The quantitative estimate of drug-likeness (QED) is 0.515. The van der Waals surface area contributed by atoms with Crippen LogP contribution in [0.1, 0.15) is 22.3 Å². The lowest BCUT2D eigenvalue weighted by molar-refractivity contribution is -0.135. The van der Waals surface area contributed by atoms with Crippen LogP contribution in [0.4, 0.5) is 5.69 Å². The largest absolute Gasteiger partial charge is 0.492 e. The zero-order valence-corrected chi connectivity index (χ0v) is 17.9. The maximum Gasteiger partial charge on any atom is 0.264 e. The number of para-hydroxylation sites is 2. The van der Waals surface area contributed by atoms with Gasteiger partial charge in [0, 0.05) is 11.1 Å². The number of halogens is 2. The van der Waals surface area contributed by atoms with Gasteiger partial charge in [-0.2, -0.15) is 0 Å². The number of rotatable bonds is 7. The molecule has 0 unspecified atom stereocenters. The Bertz CT molecular complexity index is 1140. The Morgan fingerprint density at radius 2 is 1.68 bits per heavy atom. The Kier molecular flexibility index (Phi) is 6.01. The maximum absolute atomic E-state index is 13.2. The first kappa shape index (κ1) is 21.4. The minimum atomic E-state index is -1.97. The highest BCUT2D eigenvalue weighted by molar-refractivity contribution is 6.42. The van der Waals surface area contributed by atoms with Crippen LogP contribution in [0.5, 0.6) is 5.75 Å². The SMILES string of the molecule is O=C(C[C@]1(O)C(=O)N(CCOc2ccccc2)c2ccccc21)c1ccc(Cl)c(Cl)c1. The van der Waals surface area contributed by atoms with Gasteiger partial charge in [0.25, 0.3) is 5.91 Å². The monoisotopic (exact) mass is 455 g/mol. The summed E-state index contributed by atoms with van der Waals surface area (Å²) in [6.45, 7) is 0.467. The molecule has 0 radical (unpaired) electrons. The van der Waals surface area contributed by atoms with Crippen molar-refractivity contribution in [1.29, 1.82) is 0 Å². The molecule has 7 heteroatoms. The normalized spacial score (nSPS) is 17.5. The molecule has 1 aliphatic rings. The van der Waals surface area contributed by atoms with Crippen LogP contribution in [0.2, 0.25) is 10.0 Å². The summed E-state index contributed by atoms with van der Waals surface area (Å²) >= 11 is 11.9. The standard InChI is InChI=1S/C24H19Cl2NO4/c25-19-11-10-16(14-20(19)26)22(28)15-24(30)18-8-4-5-9-21(18)27(23(24)29)12-13-31-17-6-2-1-3-7-17/h1-11,14,30H,12-13,15H2/t24-/m1/s1. The highest BCUT2D eigenvalue weighted by Gasteiger charge is 2.50. The highest BCUT2D eigenvalue weighted by atomic mass is 35.5. The molecule has 1 atom stereocenters. The van der Waals surface area contributed by atoms with Crippen LogP contribution in [-0.4, -0.2) is 29.9 Å². The predicted octanol–water partition coefficient (Wildman–Crippen LogP) is 4.88. The minimum absolute atomic E-state index is 0.230. The van der Waals surface area contributed by atoms with Crippen molar-refractivity contribution >= 4 is 40.6 Å². The number of nitrogens with zero attached hydrogens (tertiary/aromatic N) is 1. The Morgan fingerprint density at radius 3 is 2.42 bits per heavy atom.